The van der Waals surface area contributed by atoms with Crippen LogP contribution in [0.4, 0.5) is 11.6 Å². The molecule has 5 nitrogen and oxygen atoms in total. The number of aromatic nitrogens is 3. The van der Waals surface area contributed by atoms with Crippen LogP contribution in [-0.4, -0.2) is 22.2 Å². The molecule has 3 rings (SSSR count). The number of anilines is 2. The Morgan fingerprint density at radius 2 is 1.65 bits per heavy atom. The summed E-state index contributed by atoms with van der Waals surface area (Å²) in [5.41, 5.74) is 2.86. The summed E-state index contributed by atoms with van der Waals surface area (Å²) in [5.74, 6) is 0.464. The molecule has 0 N–H and O–H groups in total. The van der Waals surface area contributed by atoms with Crippen molar-refractivity contribution in [1.29, 1.82) is 5.26 Å². The van der Waals surface area contributed by atoms with Gasteiger partial charge in [-0.15, -0.1) is 10.2 Å². The van der Waals surface area contributed by atoms with Crippen LogP contribution in [0.5, 0.6) is 0 Å². The summed E-state index contributed by atoms with van der Waals surface area (Å²) in [4.78, 5) is 6.23. The quantitative estimate of drug-likeness (QED) is 0.709. The van der Waals surface area contributed by atoms with Crippen molar-refractivity contribution in [2.75, 3.05) is 11.9 Å². The Balaban J connectivity index is 2.08. The lowest BCUT2D eigenvalue weighted by Crippen LogP contribution is -2.15. The van der Waals surface area contributed by atoms with Crippen molar-refractivity contribution in [1.82, 2.24) is 15.2 Å². The van der Waals surface area contributed by atoms with E-state index in [1.165, 1.54) is 0 Å². The third-order valence-electron chi connectivity index (χ3n) is 3.04. The van der Waals surface area contributed by atoms with E-state index in [1.54, 1.807) is 11.0 Å². The molecule has 0 atom stereocenters. The van der Waals surface area contributed by atoms with Gasteiger partial charge in [0.1, 0.15) is 11.6 Å². The Morgan fingerprint density at radius 1 is 0.950 bits per heavy atom. The van der Waals surface area contributed by atoms with Gasteiger partial charge in [0.25, 0.3) is 0 Å². The van der Waals surface area contributed by atoms with Gasteiger partial charge in [-0.1, -0.05) is 24.3 Å². The molecule has 0 radical (unpaired) electrons. The highest BCUT2D eigenvalue weighted by Gasteiger charge is 2.12. The van der Waals surface area contributed by atoms with Crippen molar-refractivity contribution in [3.63, 3.8) is 0 Å². The number of hydrogen-bond acceptors (Lipinski definition) is 5. The third-order valence-corrected chi connectivity index (χ3v) is 3.04. The van der Waals surface area contributed by atoms with Gasteiger partial charge in [-0.3, -0.25) is 0 Å². The van der Waals surface area contributed by atoms with Crippen LogP contribution in [0.15, 0.2) is 48.5 Å². The van der Waals surface area contributed by atoms with Crippen LogP contribution in [-0.2, 0) is 0 Å². The Morgan fingerprint density at radius 3 is 2.45 bits per heavy atom. The van der Waals surface area contributed by atoms with Crippen LogP contribution in [0.1, 0.15) is 5.56 Å². The Bertz CT molecular complexity index is 806. The minimum absolute atomic E-state index is 0.464. The number of benzene rings is 2. The van der Waals surface area contributed by atoms with E-state index in [9.17, 15) is 0 Å². The van der Waals surface area contributed by atoms with E-state index in [0.29, 0.717) is 11.5 Å². The van der Waals surface area contributed by atoms with E-state index in [1.807, 2.05) is 49.5 Å². The average Bonchev–Trinajstić information content (AvgIpc) is 2.53. The van der Waals surface area contributed by atoms with Gasteiger partial charge in [0.15, 0.2) is 0 Å². The maximum Gasteiger partial charge on any atom is 0.250 e. The summed E-state index contributed by atoms with van der Waals surface area (Å²) in [6.07, 6.45) is 0. The van der Waals surface area contributed by atoms with Gasteiger partial charge in [0.2, 0.25) is 5.95 Å². The monoisotopic (exact) mass is 261 g/mol. The summed E-state index contributed by atoms with van der Waals surface area (Å²) in [6.45, 7) is 0. The summed E-state index contributed by atoms with van der Waals surface area (Å²) < 4.78 is 0. The average molecular weight is 261 g/mol. The van der Waals surface area contributed by atoms with E-state index in [4.69, 9.17) is 5.26 Å². The molecule has 0 fully saturated rings. The number of para-hydroxylation sites is 2. The fourth-order valence-corrected chi connectivity index (χ4v) is 1.98. The molecule has 0 amide bonds. The van der Waals surface area contributed by atoms with Crippen molar-refractivity contribution in [2.45, 2.75) is 0 Å². The van der Waals surface area contributed by atoms with Crippen molar-refractivity contribution >= 4 is 22.7 Å². The largest absolute Gasteiger partial charge is 0.311 e. The summed E-state index contributed by atoms with van der Waals surface area (Å²) >= 11 is 0. The van der Waals surface area contributed by atoms with E-state index < -0.39 is 0 Å². The lowest BCUT2D eigenvalue weighted by atomic mass is 10.2. The first kappa shape index (κ1) is 12.1. The number of nitrogens with zero attached hydrogens (tertiary/aromatic N) is 5. The smallest absolute Gasteiger partial charge is 0.250 e. The number of rotatable bonds is 2. The number of hydrogen-bond donors (Lipinski definition) is 0. The fraction of sp³-hybridized carbons (Fsp3) is 0.0667. The number of fused-ring (bicyclic) bond motifs is 1. The first-order valence-electron chi connectivity index (χ1n) is 6.12. The van der Waals surface area contributed by atoms with Gasteiger partial charge in [-0.25, -0.2) is 4.98 Å². The molecular weight excluding hydrogens is 250 g/mol. The maximum atomic E-state index is 9.15. The lowest BCUT2D eigenvalue weighted by Gasteiger charge is -2.17. The molecule has 0 aliphatic heterocycles. The molecule has 20 heavy (non-hydrogen) atoms. The molecule has 0 saturated carbocycles. The highest BCUT2D eigenvalue weighted by Crippen LogP contribution is 2.24. The van der Waals surface area contributed by atoms with Crippen LogP contribution in [0.25, 0.3) is 11.0 Å². The van der Waals surface area contributed by atoms with Gasteiger partial charge < -0.3 is 4.90 Å². The molecule has 0 aliphatic rings. The highest BCUT2D eigenvalue weighted by atomic mass is 15.3. The predicted octanol–water partition coefficient (Wildman–Crippen LogP) is 2.66. The molecule has 5 heteroatoms. The molecule has 2 aromatic carbocycles. The first-order valence-corrected chi connectivity index (χ1v) is 6.12. The summed E-state index contributed by atoms with van der Waals surface area (Å²) in [7, 11) is 1.82. The molecule has 0 unspecified atom stereocenters. The van der Waals surface area contributed by atoms with Crippen LogP contribution in [0.2, 0.25) is 0 Å². The van der Waals surface area contributed by atoms with Crippen LogP contribution in [0, 0.1) is 11.3 Å². The number of nitriles is 1. The van der Waals surface area contributed by atoms with Crippen LogP contribution < -0.4 is 4.90 Å². The van der Waals surface area contributed by atoms with Crippen molar-refractivity contribution < 1.29 is 0 Å². The zero-order valence-corrected chi connectivity index (χ0v) is 10.9. The topological polar surface area (TPSA) is 65.7 Å². The van der Waals surface area contributed by atoms with Crippen LogP contribution in [0.3, 0.4) is 0 Å². The van der Waals surface area contributed by atoms with Gasteiger partial charge in [-0.05, 0) is 24.3 Å². The van der Waals surface area contributed by atoms with Crippen molar-refractivity contribution in [2.24, 2.45) is 0 Å². The predicted molar refractivity (Wildman–Crippen MR) is 76.6 cm³/mol. The normalized spacial score (nSPS) is 10.2. The molecule has 0 saturated heterocycles. The molecule has 1 heterocycles. The second kappa shape index (κ2) is 4.94. The van der Waals surface area contributed by atoms with E-state index in [0.717, 1.165) is 16.7 Å². The van der Waals surface area contributed by atoms with Gasteiger partial charge in [0.05, 0.1) is 16.8 Å². The Hall–Kier alpha value is -3.00. The van der Waals surface area contributed by atoms with Gasteiger partial charge >= 0.3 is 0 Å². The molecular formula is C15H11N5. The van der Waals surface area contributed by atoms with E-state index >= 15 is 0 Å². The molecule has 0 aliphatic carbocycles. The zero-order valence-electron chi connectivity index (χ0n) is 10.9. The second-order valence-corrected chi connectivity index (χ2v) is 4.29. The van der Waals surface area contributed by atoms with E-state index in [-0.39, 0.29) is 0 Å². The fourth-order valence-electron chi connectivity index (χ4n) is 1.98. The van der Waals surface area contributed by atoms with Crippen LogP contribution >= 0.6 is 0 Å². The molecule has 0 bridgehead atoms. The van der Waals surface area contributed by atoms with Gasteiger partial charge in [-0.2, -0.15) is 5.26 Å². The van der Waals surface area contributed by atoms with E-state index in [2.05, 4.69) is 21.3 Å². The highest BCUT2D eigenvalue weighted by molar-refractivity contribution is 5.75. The molecule has 1 aromatic heterocycles. The first-order chi connectivity index (χ1) is 9.79. The summed E-state index contributed by atoms with van der Waals surface area (Å²) in [6, 6.07) is 17.0. The maximum absolute atomic E-state index is 9.15. The summed E-state index contributed by atoms with van der Waals surface area (Å²) in [5, 5.41) is 17.4. The Kier molecular flexibility index (Phi) is 2.98. The Labute approximate surface area is 116 Å². The SMILES string of the molecule is CN(c1nnc2ccccc2n1)c1ccccc1C#N. The standard InChI is InChI=1S/C15H11N5/c1-20(14-9-5-2-6-11(14)10-16)15-17-12-7-3-4-8-13(12)18-19-15/h2-9H,1H3. The second-order valence-electron chi connectivity index (χ2n) is 4.29. The minimum atomic E-state index is 0.464. The van der Waals surface area contributed by atoms with Crippen molar-refractivity contribution in [3.05, 3.63) is 54.1 Å². The molecule has 96 valence electrons. The zero-order chi connectivity index (χ0) is 13.9. The molecule has 3 aromatic rings. The minimum Gasteiger partial charge on any atom is -0.311 e. The molecule has 0 spiro atoms. The third kappa shape index (κ3) is 2.04. The van der Waals surface area contributed by atoms with Crippen molar-refractivity contribution in [3.8, 4) is 6.07 Å². The van der Waals surface area contributed by atoms with Gasteiger partial charge in [0, 0.05) is 7.05 Å². The lowest BCUT2D eigenvalue weighted by molar-refractivity contribution is 0.965.